The zero-order valence-electron chi connectivity index (χ0n) is 7.50. The van der Waals surface area contributed by atoms with E-state index < -0.39 is 5.97 Å². The highest BCUT2D eigenvalue weighted by Gasteiger charge is 2.17. The van der Waals surface area contributed by atoms with Gasteiger partial charge in [0.2, 0.25) is 0 Å². The Bertz CT molecular complexity index is 355. The highest BCUT2D eigenvalue weighted by atomic mass is 16.4. The van der Waals surface area contributed by atoms with Gasteiger partial charge in [0, 0.05) is 19.3 Å². The van der Waals surface area contributed by atoms with E-state index in [9.17, 15) is 4.79 Å². The van der Waals surface area contributed by atoms with Gasteiger partial charge in [-0.25, -0.2) is 0 Å². The first kappa shape index (κ1) is 8.16. The van der Waals surface area contributed by atoms with Crippen molar-refractivity contribution >= 4 is 11.8 Å². The summed E-state index contributed by atoms with van der Waals surface area (Å²) in [5, 5.41) is 11.9. The van der Waals surface area contributed by atoms with Crippen molar-refractivity contribution < 1.29 is 9.90 Å². The zero-order valence-corrected chi connectivity index (χ0v) is 7.50. The van der Waals surface area contributed by atoms with Crippen LogP contribution in [0.1, 0.15) is 11.1 Å². The number of hydrogen-bond donors (Lipinski definition) is 2. The number of rotatable bonds is 2. The molecule has 0 radical (unpaired) electrons. The highest BCUT2D eigenvalue weighted by molar-refractivity contribution is 5.72. The third-order valence-corrected chi connectivity index (χ3v) is 2.42. The van der Waals surface area contributed by atoms with Gasteiger partial charge in [-0.2, -0.15) is 0 Å². The summed E-state index contributed by atoms with van der Waals surface area (Å²) >= 11 is 0. The number of carbonyl (C=O) groups is 1. The average molecular weight is 180 g/mol. The molecule has 0 aromatic carbocycles. The molecule has 0 spiro atoms. The normalized spacial score (nSPS) is 13.9. The number of aliphatic carboxylic acids is 1. The fraction of sp³-hybridized carbons (Fsp3) is 0.444. The number of hydrogen-bond acceptors (Lipinski definition) is 2. The molecule has 1 aromatic rings. The molecule has 2 heterocycles. The Morgan fingerprint density at radius 3 is 3.15 bits per heavy atom. The van der Waals surface area contributed by atoms with Crippen molar-refractivity contribution in [1.29, 1.82) is 0 Å². The molecular formula is C9H12N2O2. The van der Waals surface area contributed by atoms with Crippen LogP contribution in [0.2, 0.25) is 0 Å². The van der Waals surface area contributed by atoms with Crippen LogP contribution < -0.4 is 5.32 Å². The van der Waals surface area contributed by atoms with Crippen LogP contribution in [0.25, 0.3) is 0 Å². The Labute approximate surface area is 76.2 Å². The fourth-order valence-electron chi connectivity index (χ4n) is 1.76. The Balaban J connectivity index is 2.33. The summed E-state index contributed by atoms with van der Waals surface area (Å²) in [4.78, 5) is 10.5. The molecule has 0 fully saturated rings. The van der Waals surface area contributed by atoms with E-state index in [4.69, 9.17) is 5.11 Å². The number of fused-ring (bicyclic) bond motifs is 1. The topological polar surface area (TPSA) is 54.3 Å². The highest BCUT2D eigenvalue weighted by Crippen LogP contribution is 2.25. The minimum atomic E-state index is -0.771. The molecule has 4 nitrogen and oxygen atoms in total. The van der Waals surface area contributed by atoms with Crippen LogP contribution in [0.3, 0.4) is 0 Å². The summed E-state index contributed by atoms with van der Waals surface area (Å²) in [5.74, 6) is 0.309. The van der Waals surface area contributed by atoms with Crippen molar-refractivity contribution in [2.24, 2.45) is 0 Å². The van der Waals surface area contributed by atoms with Crippen molar-refractivity contribution in [1.82, 2.24) is 4.57 Å². The number of aromatic nitrogens is 1. The molecule has 13 heavy (non-hydrogen) atoms. The van der Waals surface area contributed by atoms with Crippen LogP contribution in [0.15, 0.2) is 6.20 Å². The lowest BCUT2D eigenvalue weighted by Gasteiger charge is -1.97. The van der Waals surface area contributed by atoms with Gasteiger partial charge in [0.15, 0.2) is 0 Å². The minimum absolute atomic E-state index is 0.119. The van der Waals surface area contributed by atoms with Crippen LogP contribution in [-0.2, 0) is 17.8 Å². The van der Waals surface area contributed by atoms with Gasteiger partial charge in [0.25, 0.3) is 0 Å². The van der Waals surface area contributed by atoms with Crippen LogP contribution in [-0.4, -0.2) is 22.2 Å². The maximum absolute atomic E-state index is 10.5. The second kappa shape index (κ2) is 2.80. The van der Waals surface area contributed by atoms with Crippen LogP contribution >= 0.6 is 0 Å². The predicted octanol–water partition coefficient (Wildman–Crippen LogP) is 0.849. The number of nitrogens with zero attached hydrogens (tertiary/aromatic N) is 1. The van der Waals surface area contributed by atoms with E-state index in [1.165, 1.54) is 0 Å². The monoisotopic (exact) mass is 180 g/mol. The maximum atomic E-state index is 10.5. The van der Waals surface area contributed by atoms with Gasteiger partial charge < -0.3 is 15.0 Å². The molecule has 2 rings (SSSR count). The van der Waals surface area contributed by atoms with Gasteiger partial charge in [0.1, 0.15) is 5.82 Å². The van der Waals surface area contributed by atoms with Crippen LogP contribution in [0, 0.1) is 6.92 Å². The molecule has 0 bridgehead atoms. The third-order valence-electron chi connectivity index (χ3n) is 2.42. The Morgan fingerprint density at radius 2 is 2.54 bits per heavy atom. The molecular weight excluding hydrogens is 168 g/mol. The Morgan fingerprint density at radius 1 is 1.77 bits per heavy atom. The molecule has 0 saturated carbocycles. The van der Waals surface area contributed by atoms with Crippen molar-refractivity contribution in [3.8, 4) is 0 Å². The molecule has 1 aliphatic heterocycles. The number of anilines is 1. The molecule has 4 heteroatoms. The summed E-state index contributed by atoms with van der Waals surface area (Å²) in [6, 6.07) is 0. The van der Waals surface area contributed by atoms with Gasteiger partial charge in [-0.05, 0) is 18.1 Å². The van der Waals surface area contributed by atoms with Gasteiger partial charge in [-0.1, -0.05) is 0 Å². The third kappa shape index (κ3) is 1.28. The lowest BCUT2D eigenvalue weighted by molar-refractivity contribution is -0.136. The first-order chi connectivity index (χ1) is 6.18. The van der Waals surface area contributed by atoms with Gasteiger partial charge in [-0.15, -0.1) is 0 Å². The molecule has 0 aliphatic carbocycles. The van der Waals surface area contributed by atoms with Crippen molar-refractivity contribution in [2.75, 3.05) is 11.9 Å². The van der Waals surface area contributed by atoms with E-state index >= 15 is 0 Å². The second-order valence-corrected chi connectivity index (χ2v) is 3.32. The first-order valence-corrected chi connectivity index (χ1v) is 4.33. The van der Waals surface area contributed by atoms with E-state index in [1.54, 1.807) is 0 Å². The van der Waals surface area contributed by atoms with Crippen molar-refractivity contribution in [3.05, 3.63) is 17.3 Å². The van der Waals surface area contributed by atoms with E-state index in [1.807, 2.05) is 13.1 Å². The lowest BCUT2D eigenvalue weighted by atomic mass is 10.1. The molecule has 0 atom stereocenters. The Kier molecular flexibility index (Phi) is 1.76. The van der Waals surface area contributed by atoms with E-state index in [0.29, 0.717) is 0 Å². The van der Waals surface area contributed by atoms with Crippen molar-refractivity contribution in [2.45, 2.75) is 19.9 Å². The number of carboxylic acids is 1. The molecule has 0 amide bonds. The smallest absolute Gasteiger partial charge is 0.307 e. The molecule has 2 N–H and O–H groups in total. The summed E-state index contributed by atoms with van der Waals surface area (Å²) in [6.45, 7) is 3.85. The van der Waals surface area contributed by atoms with Crippen LogP contribution in [0.4, 0.5) is 5.82 Å². The Hall–Kier alpha value is -1.45. The molecule has 0 unspecified atom stereocenters. The average Bonchev–Trinajstić information content (AvgIpc) is 2.56. The van der Waals surface area contributed by atoms with E-state index in [0.717, 1.165) is 30.0 Å². The molecule has 1 aliphatic rings. The van der Waals surface area contributed by atoms with E-state index in [2.05, 4.69) is 9.88 Å². The van der Waals surface area contributed by atoms with E-state index in [-0.39, 0.29) is 6.42 Å². The minimum Gasteiger partial charge on any atom is -0.481 e. The summed E-state index contributed by atoms with van der Waals surface area (Å²) in [6.07, 6.45) is 2.05. The first-order valence-electron chi connectivity index (χ1n) is 4.33. The van der Waals surface area contributed by atoms with Crippen LogP contribution in [0.5, 0.6) is 0 Å². The summed E-state index contributed by atoms with van der Waals surface area (Å²) in [5.41, 5.74) is 1.98. The second-order valence-electron chi connectivity index (χ2n) is 3.32. The quantitative estimate of drug-likeness (QED) is 0.709. The number of carboxylic acid groups (broad SMARTS) is 1. The fourth-order valence-corrected chi connectivity index (χ4v) is 1.76. The largest absolute Gasteiger partial charge is 0.481 e. The summed E-state index contributed by atoms with van der Waals surface area (Å²) in [7, 11) is 0. The van der Waals surface area contributed by atoms with Crippen molar-refractivity contribution in [3.63, 3.8) is 0 Å². The zero-order chi connectivity index (χ0) is 9.42. The van der Waals surface area contributed by atoms with Gasteiger partial charge in [0.05, 0.1) is 6.42 Å². The van der Waals surface area contributed by atoms with Gasteiger partial charge >= 0.3 is 5.97 Å². The lowest BCUT2D eigenvalue weighted by Crippen LogP contribution is -2.02. The summed E-state index contributed by atoms with van der Waals surface area (Å²) < 4.78 is 2.08. The SMILES string of the molecule is Cc1c(CC(=O)O)cn2c1NCC2. The van der Waals surface area contributed by atoms with Gasteiger partial charge in [-0.3, -0.25) is 4.79 Å². The maximum Gasteiger partial charge on any atom is 0.307 e. The number of nitrogens with one attached hydrogen (secondary N) is 1. The molecule has 1 aromatic heterocycles. The predicted molar refractivity (Wildman–Crippen MR) is 49.0 cm³/mol. The molecule has 0 saturated heterocycles. The molecule has 70 valence electrons. The standard InChI is InChI=1S/C9H12N2O2/c1-6-7(4-8(12)13)5-11-3-2-10-9(6)11/h5,10H,2-4H2,1H3,(H,12,13).